The highest BCUT2D eigenvalue weighted by Crippen LogP contribution is 2.22. The summed E-state index contributed by atoms with van der Waals surface area (Å²) in [6.45, 7) is 4.44. The van der Waals surface area contributed by atoms with Gasteiger partial charge in [0.15, 0.2) is 0 Å². The minimum atomic E-state index is -0.210. The Labute approximate surface area is 95.6 Å². The van der Waals surface area contributed by atoms with E-state index in [2.05, 4.69) is 16.8 Å². The summed E-state index contributed by atoms with van der Waals surface area (Å²) < 4.78 is 13.1. The van der Waals surface area contributed by atoms with E-state index in [4.69, 9.17) is 5.73 Å². The molecular weight excluding hydrogens is 205 g/mol. The van der Waals surface area contributed by atoms with Crippen molar-refractivity contribution in [2.75, 3.05) is 38.1 Å². The van der Waals surface area contributed by atoms with Crippen LogP contribution in [0.1, 0.15) is 5.56 Å². The molecule has 88 valence electrons. The van der Waals surface area contributed by atoms with Crippen molar-refractivity contribution in [3.05, 3.63) is 29.6 Å². The van der Waals surface area contributed by atoms with Crippen LogP contribution < -0.4 is 10.6 Å². The van der Waals surface area contributed by atoms with Crippen molar-refractivity contribution < 1.29 is 4.39 Å². The first-order chi connectivity index (χ1) is 7.70. The second kappa shape index (κ2) is 4.80. The van der Waals surface area contributed by atoms with Crippen molar-refractivity contribution in [2.24, 2.45) is 5.73 Å². The van der Waals surface area contributed by atoms with Gasteiger partial charge in [-0.15, -0.1) is 0 Å². The van der Waals surface area contributed by atoms with Crippen molar-refractivity contribution in [3.63, 3.8) is 0 Å². The van der Waals surface area contributed by atoms with E-state index in [1.165, 1.54) is 12.1 Å². The van der Waals surface area contributed by atoms with Crippen LogP contribution in [-0.4, -0.2) is 38.1 Å². The third-order valence-electron chi connectivity index (χ3n) is 3.11. The van der Waals surface area contributed by atoms with Gasteiger partial charge in [-0.25, -0.2) is 4.39 Å². The average molecular weight is 223 g/mol. The molecule has 4 heteroatoms. The minimum absolute atomic E-state index is 0.210. The Morgan fingerprint density at radius 1 is 1.25 bits per heavy atom. The van der Waals surface area contributed by atoms with Crippen molar-refractivity contribution in [2.45, 2.75) is 6.54 Å². The molecule has 3 nitrogen and oxygen atoms in total. The fourth-order valence-electron chi connectivity index (χ4n) is 2.07. The van der Waals surface area contributed by atoms with Crippen LogP contribution in [0.2, 0.25) is 0 Å². The number of halogens is 1. The third kappa shape index (κ3) is 2.33. The Morgan fingerprint density at radius 3 is 2.56 bits per heavy atom. The van der Waals surface area contributed by atoms with Gasteiger partial charge in [-0.1, -0.05) is 0 Å². The first-order valence-electron chi connectivity index (χ1n) is 5.62. The van der Waals surface area contributed by atoms with E-state index in [1.54, 1.807) is 0 Å². The maximum atomic E-state index is 13.1. The number of rotatable bonds is 2. The summed E-state index contributed by atoms with van der Waals surface area (Å²) in [5.41, 5.74) is 7.62. The molecule has 1 aromatic carbocycles. The van der Waals surface area contributed by atoms with E-state index in [1.807, 2.05) is 6.07 Å². The van der Waals surface area contributed by atoms with Crippen molar-refractivity contribution >= 4 is 5.69 Å². The zero-order chi connectivity index (χ0) is 11.5. The Bertz CT molecular complexity index is 359. The molecule has 0 radical (unpaired) electrons. The van der Waals surface area contributed by atoms with Crippen molar-refractivity contribution in [1.82, 2.24) is 4.90 Å². The highest BCUT2D eigenvalue weighted by Gasteiger charge is 2.16. The number of nitrogens with zero attached hydrogens (tertiary/aromatic N) is 2. The number of nitrogens with two attached hydrogens (primary N) is 1. The number of piperazine rings is 1. The lowest BCUT2D eigenvalue weighted by Gasteiger charge is -2.35. The number of hydrogen-bond donors (Lipinski definition) is 1. The molecule has 1 aliphatic heterocycles. The zero-order valence-electron chi connectivity index (χ0n) is 9.62. The Balaban J connectivity index is 2.19. The lowest BCUT2D eigenvalue weighted by Crippen LogP contribution is -2.44. The van der Waals surface area contributed by atoms with Gasteiger partial charge in [0.1, 0.15) is 5.82 Å². The highest BCUT2D eigenvalue weighted by atomic mass is 19.1. The summed E-state index contributed by atoms with van der Waals surface area (Å²) in [6.07, 6.45) is 0. The molecule has 2 rings (SSSR count). The molecule has 0 atom stereocenters. The molecule has 0 amide bonds. The summed E-state index contributed by atoms with van der Waals surface area (Å²) in [6, 6.07) is 4.88. The molecule has 1 aromatic rings. The molecule has 0 saturated carbocycles. The van der Waals surface area contributed by atoms with Crippen LogP contribution in [0.4, 0.5) is 10.1 Å². The first-order valence-corrected chi connectivity index (χ1v) is 5.62. The summed E-state index contributed by atoms with van der Waals surface area (Å²) in [5.74, 6) is -0.210. The van der Waals surface area contributed by atoms with Crippen LogP contribution >= 0.6 is 0 Å². The molecule has 1 aliphatic rings. The smallest absolute Gasteiger partial charge is 0.123 e. The van der Waals surface area contributed by atoms with Crippen LogP contribution in [-0.2, 0) is 6.54 Å². The monoisotopic (exact) mass is 223 g/mol. The second-order valence-electron chi connectivity index (χ2n) is 4.27. The third-order valence-corrected chi connectivity index (χ3v) is 3.11. The first kappa shape index (κ1) is 11.4. The van der Waals surface area contributed by atoms with Gasteiger partial charge in [0.2, 0.25) is 0 Å². The van der Waals surface area contributed by atoms with E-state index < -0.39 is 0 Å². The molecule has 1 saturated heterocycles. The van der Waals surface area contributed by atoms with Gasteiger partial charge in [-0.3, -0.25) is 0 Å². The van der Waals surface area contributed by atoms with Gasteiger partial charge in [0.05, 0.1) is 0 Å². The van der Waals surface area contributed by atoms with Crippen LogP contribution in [0.3, 0.4) is 0 Å². The minimum Gasteiger partial charge on any atom is -0.369 e. The number of benzene rings is 1. The second-order valence-corrected chi connectivity index (χ2v) is 4.27. The van der Waals surface area contributed by atoms with E-state index >= 15 is 0 Å². The fourth-order valence-corrected chi connectivity index (χ4v) is 2.07. The summed E-state index contributed by atoms with van der Waals surface area (Å²) >= 11 is 0. The lowest BCUT2D eigenvalue weighted by molar-refractivity contribution is 0.312. The molecule has 0 aromatic heterocycles. The van der Waals surface area contributed by atoms with Gasteiger partial charge >= 0.3 is 0 Å². The molecule has 0 bridgehead atoms. The van der Waals surface area contributed by atoms with E-state index in [9.17, 15) is 4.39 Å². The Hall–Kier alpha value is -1.13. The predicted octanol–water partition coefficient (Wildman–Crippen LogP) is 1.04. The lowest BCUT2D eigenvalue weighted by atomic mass is 10.1. The molecule has 0 aliphatic carbocycles. The standard InChI is InChI=1S/C12H18FN3/c1-15-4-6-16(7-5-15)12-3-2-11(13)8-10(12)9-14/h2-3,8H,4-7,9,14H2,1H3. The fraction of sp³-hybridized carbons (Fsp3) is 0.500. The van der Waals surface area contributed by atoms with Crippen molar-refractivity contribution in [1.29, 1.82) is 0 Å². The summed E-state index contributed by atoms with van der Waals surface area (Å²) in [5, 5.41) is 0. The van der Waals surface area contributed by atoms with Crippen LogP contribution in [0.25, 0.3) is 0 Å². The van der Waals surface area contributed by atoms with Gasteiger partial charge in [0.25, 0.3) is 0 Å². The molecule has 16 heavy (non-hydrogen) atoms. The van der Waals surface area contributed by atoms with E-state index in [0.717, 1.165) is 37.4 Å². The maximum Gasteiger partial charge on any atom is 0.123 e. The largest absolute Gasteiger partial charge is 0.369 e. The molecule has 0 spiro atoms. The topological polar surface area (TPSA) is 32.5 Å². The number of anilines is 1. The van der Waals surface area contributed by atoms with Crippen LogP contribution in [0, 0.1) is 5.82 Å². The molecular formula is C12H18FN3. The number of hydrogen-bond acceptors (Lipinski definition) is 3. The van der Waals surface area contributed by atoms with Gasteiger partial charge in [-0.2, -0.15) is 0 Å². The normalized spacial score (nSPS) is 17.8. The highest BCUT2D eigenvalue weighted by molar-refractivity contribution is 5.54. The average Bonchev–Trinajstić information content (AvgIpc) is 2.30. The SMILES string of the molecule is CN1CCN(c2ccc(F)cc2CN)CC1. The van der Waals surface area contributed by atoms with Crippen LogP contribution in [0.5, 0.6) is 0 Å². The van der Waals surface area contributed by atoms with Crippen LogP contribution in [0.15, 0.2) is 18.2 Å². The molecule has 1 heterocycles. The summed E-state index contributed by atoms with van der Waals surface area (Å²) in [4.78, 5) is 4.57. The zero-order valence-corrected chi connectivity index (χ0v) is 9.62. The van der Waals surface area contributed by atoms with Gasteiger partial charge in [-0.05, 0) is 30.8 Å². The Kier molecular flexibility index (Phi) is 3.41. The van der Waals surface area contributed by atoms with Gasteiger partial charge < -0.3 is 15.5 Å². The Morgan fingerprint density at radius 2 is 1.94 bits per heavy atom. The number of likely N-dealkylation sites (N-methyl/N-ethyl adjacent to an activating group) is 1. The van der Waals surface area contributed by atoms with E-state index in [0.29, 0.717) is 6.54 Å². The predicted molar refractivity (Wildman–Crippen MR) is 64.0 cm³/mol. The van der Waals surface area contributed by atoms with Crippen molar-refractivity contribution in [3.8, 4) is 0 Å². The maximum absolute atomic E-state index is 13.1. The molecule has 1 fully saturated rings. The summed E-state index contributed by atoms with van der Waals surface area (Å²) in [7, 11) is 2.12. The molecule has 0 unspecified atom stereocenters. The quantitative estimate of drug-likeness (QED) is 0.813. The van der Waals surface area contributed by atoms with Gasteiger partial charge in [0, 0.05) is 38.4 Å². The molecule has 2 N–H and O–H groups in total. The van der Waals surface area contributed by atoms with E-state index in [-0.39, 0.29) is 5.82 Å².